The van der Waals surface area contributed by atoms with Gasteiger partial charge in [0.15, 0.2) is 0 Å². The number of fused-ring (bicyclic) bond motifs is 3. The Labute approximate surface area is 334 Å². The lowest BCUT2D eigenvalue weighted by molar-refractivity contribution is 1.30. The molecule has 268 valence electrons. The van der Waals surface area contributed by atoms with Crippen molar-refractivity contribution in [2.45, 2.75) is 0 Å². The number of anilines is 3. The minimum atomic E-state index is 1.09. The van der Waals surface area contributed by atoms with Crippen LogP contribution in [0.25, 0.3) is 77.2 Å². The maximum absolute atomic E-state index is 2.45. The highest BCUT2D eigenvalue weighted by Gasteiger charge is 2.23. The van der Waals surface area contributed by atoms with Gasteiger partial charge in [0, 0.05) is 22.3 Å². The van der Waals surface area contributed by atoms with Gasteiger partial charge in [0.25, 0.3) is 0 Å². The Morgan fingerprint density at radius 1 is 0.228 bits per heavy atom. The van der Waals surface area contributed by atoms with Gasteiger partial charge in [-0.3, -0.25) is 0 Å². The molecule has 0 radical (unpaired) electrons. The van der Waals surface area contributed by atoms with Crippen LogP contribution in [0.5, 0.6) is 0 Å². The van der Waals surface area contributed by atoms with Crippen molar-refractivity contribution in [2.24, 2.45) is 0 Å². The third-order valence-electron chi connectivity index (χ3n) is 11.1. The van der Waals surface area contributed by atoms with E-state index < -0.39 is 0 Å². The SMILES string of the molecule is c1ccc(-c2ccc(-c3ccc(N(c4cccc(-c5ccccc5)c4)c4cccc5c4c(-c4ccccc4)c(-c4ccccc4)c4ccccc45)cc3)cc2)cc1. The lowest BCUT2D eigenvalue weighted by Gasteiger charge is -2.29. The Balaban J connectivity index is 1.22. The summed E-state index contributed by atoms with van der Waals surface area (Å²) >= 11 is 0. The van der Waals surface area contributed by atoms with Crippen LogP contribution in [0, 0.1) is 0 Å². The Bertz CT molecular complexity index is 2950. The van der Waals surface area contributed by atoms with Crippen LogP contribution in [0.3, 0.4) is 0 Å². The lowest BCUT2D eigenvalue weighted by Crippen LogP contribution is -2.11. The molecule has 0 spiro atoms. The van der Waals surface area contributed by atoms with Gasteiger partial charge in [-0.15, -0.1) is 0 Å². The molecule has 10 aromatic rings. The standard InChI is InChI=1S/C56H39N/c1-5-17-40(18-6-1)42-31-33-43(34-32-42)44-35-37-48(38-36-44)57(49-26-15-25-47(39-49)41-19-7-2-8-20-41)53-30-16-29-52-50-27-13-14-28-51(50)54(45-21-9-3-10-22-45)55(56(52)53)46-23-11-4-12-24-46/h1-39H. The Hall–Kier alpha value is -7.48. The summed E-state index contributed by atoms with van der Waals surface area (Å²) in [5, 5.41) is 4.92. The van der Waals surface area contributed by atoms with E-state index in [1.165, 1.54) is 77.2 Å². The zero-order valence-electron chi connectivity index (χ0n) is 31.5. The van der Waals surface area contributed by atoms with Crippen LogP contribution in [-0.4, -0.2) is 0 Å². The van der Waals surface area contributed by atoms with Gasteiger partial charge in [-0.1, -0.05) is 206 Å². The van der Waals surface area contributed by atoms with Crippen LogP contribution in [0.2, 0.25) is 0 Å². The Kier molecular flexibility index (Phi) is 8.95. The first-order valence-corrected chi connectivity index (χ1v) is 19.6. The molecular formula is C56H39N. The largest absolute Gasteiger partial charge is 0.310 e. The summed E-state index contributed by atoms with van der Waals surface area (Å²) in [6, 6.07) is 85.6. The highest BCUT2D eigenvalue weighted by atomic mass is 15.1. The maximum Gasteiger partial charge on any atom is 0.0546 e. The first kappa shape index (κ1) is 34.0. The molecule has 0 unspecified atom stereocenters. The molecule has 1 heteroatoms. The molecule has 0 aromatic heterocycles. The van der Waals surface area contributed by atoms with Crippen molar-refractivity contribution in [1.29, 1.82) is 0 Å². The van der Waals surface area contributed by atoms with E-state index in [0.29, 0.717) is 0 Å². The quantitative estimate of drug-likeness (QED) is 0.141. The van der Waals surface area contributed by atoms with Gasteiger partial charge < -0.3 is 4.90 Å². The van der Waals surface area contributed by atoms with Crippen LogP contribution >= 0.6 is 0 Å². The topological polar surface area (TPSA) is 3.24 Å². The molecule has 10 aromatic carbocycles. The van der Waals surface area contributed by atoms with E-state index in [0.717, 1.165) is 17.1 Å². The molecule has 0 N–H and O–H groups in total. The van der Waals surface area contributed by atoms with Gasteiger partial charge in [-0.05, 0) is 96.6 Å². The van der Waals surface area contributed by atoms with Gasteiger partial charge in [-0.25, -0.2) is 0 Å². The second kappa shape index (κ2) is 15.0. The van der Waals surface area contributed by atoms with Crippen LogP contribution in [0.15, 0.2) is 237 Å². The summed E-state index contributed by atoms with van der Waals surface area (Å²) in [5.41, 5.74) is 15.3. The van der Waals surface area contributed by atoms with Crippen molar-refractivity contribution in [1.82, 2.24) is 0 Å². The molecule has 0 aliphatic heterocycles. The lowest BCUT2D eigenvalue weighted by atomic mass is 9.84. The second-order valence-electron chi connectivity index (χ2n) is 14.5. The van der Waals surface area contributed by atoms with Crippen LogP contribution in [0.1, 0.15) is 0 Å². The van der Waals surface area contributed by atoms with Crippen molar-refractivity contribution < 1.29 is 0 Å². The van der Waals surface area contributed by atoms with E-state index >= 15 is 0 Å². The summed E-state index contributed by atoms with van der Waals surface area (Å²) in [5.74, 6) is 0. The van der Waals surface area contributed by atoms with Crippen LogP contribution in [-0.2, 0) is 0 Å². The molecular weight excluding hydrogens is 687 g/mol. The van der Waals surface area contributed by atoms with Crippen molar-refractivity contribution in [2.75, 3.05) is 4.90 Å². The van der Waals surface area contributed by atoms with Crippen molar-refractivity contribution in [3.63, 3.8) is 0 Å². The smallest absolute Gasteiger partial charge is 0.0546 e. The Morgan fingerprint density at radius 2 is 0.632 bits per heavy atom. The average molecular weight is 726 g/mol. The number of nitrogens with zero attached hydrogens (tertiary/aromatic N) is 1. The average Bonchev–Trinajstić information content (AvgIpc) is 3.30. The normalized spacial score (nSPS) is 11.2. The minimum Gasteiger partial charge on any atom is -0.310 e. The monoisotopic (exact) mass is 725 g/mol. The summed E-state index contributed by atoms with van der Waals surface area (Å²) < 4.78 is 0. The molecule has 0 fully saturated rings. The molecule has 0 saturated carbocycles. The Morgan fingerprint density at radius 3 is 1.21 bits per heavy atom. The fourth-order valence-electron chi connectivity index (χ4n) is 8.38. The van der Waals surface area contributed by atoms with E-state index in [-0.39, 0.29) is 0 Å². The molecule has 0 amide bonds. The molecule has 0 bridgehead atoms. The van der Waals surface area contributed by atoms with E-state index in [9.17, 15) is 0 Å². The summed E-state index contributed by atoms with van der Waals surface area (Å²) in [6.45, 7) is 0. The number of benzene rings is 10. The summed E-state index contributed by atoms with van der Waals surface area (Å²) in [7, 11) is 0. The summed E-state index contributed by atoms with van der Waals surface area (Å²) in [6.07, 6.45) is 0. The third kappa shape index (κ3) is 6.46. The van der Waals surface area contributed by atoms with E-state index in [1.54, 1.807) is 0 Å². The predicted molar refractivity (Wildman–Crippen MR) is 243 cm³/mol. The molecule has 0 aliphatic rings. The first-order valence-electron chi connectivity index (χ1n) is 19.6. The highest BCUT2D eigenvalue weighted by molar-refractivity contribution is 6.25. The summed E-state index contributed by atoms with van der Waals surface area (Å²) in [4.78, 5) is 2.45. The molecule has 10 rings (SSSR count). The first-order chi connectivity index (χ1) is 28.3. The number of hydrogen-bond donors (Lipinski definition) is 0. The zero-order chi connectivity index (χ0) is 38.0. The number of hydrogen-bond acceptors (Lipinski definition) is 1. The van der Waals surface area contributed by atoms with Gasteiger partial charge in [0.05, 0.1) is 5.69 Å². The molecule has 0 aliphatic carbocycles. The van der Waals surface area contributed by atoms with Gasteiger partial charge >= 0.3 is 0 Å². The van der Waals surface area contributed by atoms with E-state index in [1.807, 2.05) is 0 Å². The minimum absolute atomic E-state index is 1.09. The van der Waals surface area contributed by atoms with Crippen molar-refractivity contribution in [3.8, 4) is 55.6 Å². The highest BCUT2D eigenvalue weighted by Crippen LogP contribution is 2.50. The molecule has 0 heterocycles. The third-order valence-corrected chi connectivity index (χ3v) is 11.1. The van der Waals surface area contributed by atoms with Gasteiger partial charge in [0.2, 0.25) is 0 Å². The van der Waals surface area contributed by atoms with E-state index in [2.05, 4.69) is 241 Å². The van der Waals surface area contributed by atoms with Gasteiger partial charge in [-0.2, -0.15) is 0 Å². The second-order valence-corrected chi connectivity index (χ2v) is 14.5. The zero-order valence-corrected chi connectivity index (χ0v) is 31.5. The number of rotatable bonds is 8. The molecule has 57 heavy (non-hydrogen) atoms. The van der Waals surface area contributed by atoms with Crippen molar-refractivity contribution >= 4 is 38.6 Å². The maximum atomic E-state index is 2.45. The van der Waals surface area contributed by atoms with Crippen LogP contribution in [0.4, 0.5) is 17.1 Å². The fourth-order valence-corrected chi connectivity index (χ4v) is 8.38. The predicted octanol–water partition coefficient (Wildman–Crippen LogP) is 15.8. The molecule has 1 nitrogen and oxygen atoms in total. The van der Waals surface area contributed by atoms with E-state index in [4.69, 9.17) is 0 Å². The van der Waals surface area contributed by atoms with Crippen molar-refractivity contribution in [3.05, 3.63) is 237 Å². The van der Waals surface area contributed by atoms with Gasteiger partial charge in [0.1, 0.15) is 0 Å². The molecule has 0 saturated heterocycles. The van der Waals surface area contributed by atoms with Crippen LogP contribution < -0.4 is 4.90 Å². The molecule has 0 atom stereocenters. The fraction of sp³-hybridized carbons (Fsp3) is 0.